The Morgan fingerprint density at radius 2 is 1.79 bits per heavy atom. The fourth-order valence-electron chi connectivity index (χ4n) is 4.44. The molecular formula is C11H16BrNO. The summed E-state index contributed by atoms with van der Waals surface area (Å²) in [5.74, 6) is 1.46. The van der Waals surface area contributed by atoms with Crippen molar-refractivity contribution in [2.24, 2.45) is 23.0 Å². The summed E-state index contributed by atoms with van der Waals surface area (Å²) >= 11 is 3.85. The Morgan fingerprint density at radius 1 is 1.21 bits per heavy atom. The summed E-state index contributed by atoms with van der Waals surface area (Å²) < 4.78 is 0.256. The van der Waals surface area contributed by atoms with Crippen molar-refractivity contribution in [1.29, 1.82) is 0 Å². The summed E-state index contributed by atoms with van der Waals surface area (Å²) in [6.07, 6.45) is 6.97. The number of nitrogens with two attached hydrogens (primary N) is 1. The molecule has 4 saturated carbocycles. The van der Waals surface area contributed by atoms with Gasteiger partial charge in [0.15, 0.2) is 0 Å². The van der Waals surface area contributed by atoms with Gasteiger partial charge in [0.1, 0.15) is 0 Å². The average Bonchev–Trinajstić information content (AvgIpc) is 1.98. The van der Waals surface area contributed by atoms with E-state index >= 15 is 0 Å². The van der Waals surface area contributed by atoms with Crippen LogP contribution in [0.1, 0.15) is 38.5 Å². The van der Waals surface area contributed by atoms with Gasteiger partial charge in [0.25, 0.3) is 0 Å². The Hall–Kier alpha value is -0.0500. The van der Waals surface area contributed by atoms with E-state index in [2.05, 4.69) is 15.9 Å². The first-order valence-corrected chi connectivity index (χ1v) is 6.30. The van der Waals surface area contributed by atoms with Gasteiger partial charge in [-0.2, -0.15) is 0 Å². The molecule has 4 bridgehead atoms. The quantitative estimate of drug-likeness (QED) is 0.720. The highest BCUT2D eigenvalue weighted by atomic mass is 79.9. The van der Waals surface area contributed by atoms with Crippen LogP contribution >= 0.6 is 15.9 Å². The molecule has 0 aromatic rings. The van der Waals surface area contributed by atoms with Gasteiger partial charge in [-0.15, -0.1) is 0 Å². The standard InChI is InChI=1S/C11H16BrNO/c12-11-4-7-1-8(5-11)3-10(2-7,6-11)9(13)14/h7-8H,1-6H2,(H2,13,14). The maximum absolute atomic E-state index is 11.6. The number of hydrogen-bond donors (Lipinski definition) is 1. The second-order valence-electron chi connectivity index (χ2n) is 5.76. The van der Waals surface area contributed by atoms with Gasteiger partial charge < -0.3 is 5.73 Å². The number of halogens is 1. The van der Waals surface area contributed by atoms with Gasteiger partial charge in [-0.1, -0.05) is 15.9 Å². The number of alkyl halides is 1. The van der Waals surface area contributed by atoms with Gasteiger partial charge in [0, 0.05) is 4.32 Å². The molecule has 2 nitrogen and oxygen atoms in total. The zero-order valence-corrected chi connectivity index (χ0v) is 9.85. The maximum Gasteiger partial charge on any atom is 0.223 e. The number of carbonyl (C=O) groups is 1. The Morgan fingerprint density at radius 3 is 2.21 bits per heavy atom. The molecule has 4 aliphatic carbocycles. The summed E-state index contributed by atoms with van der Waals surface area (Å²) in [6.45, 7) is 0. The van der Waals surface area contributed by atoms with Crippen LogP contribution in [-0.2, 0) is 4.79 Å². The Labute approximate surface area is 92.7 Å². The molecule has 4 rings (SSSR count). The van der Waals surface area contributed by atoms with Gasteiger partial charge in [-0.3, -0.25) is 4.79 Å². The number of amides is 1. The van der Waals surface area contributed by atoms with Gasteiger partial charge in [0.2, 0.25) is 5.91 Å². The third kappa shape index (κ3) is 1.11. The first-order chi connectivity index (χ1) is 6.51. The van der Waals surface area contributed by atoms with Crippen LogP contribution in [0.2, 0.25) is 0 Å². The van der Waals surface area contributed by atoms with Crippen molar-refractivity contribution in [3.63, 3.8) is 0 Å². The van der Waals surface area contributed by atoms with E-state index in [-0.39, 0.29) is 15.6 Å². The molecule has 0 saturated heterocycles. The number of rotatable bonds is 1. The molecule has 4 aliphatic rings. The van der Waals surface area contributed by atoms with Crippen molar-refractivity contribution in [1.82, 2.24) is 0 Å². The Balaban J connectivity index is 2.00. The lowest BCUT2D eigenvalue weighted by molar-refractivity contribution is -0.140. The molecule has 3 heteroatoms. The lowest BCUT2D eigenvalue weighted by atomic mass is 9.49. The van der Waals surface area contributed by atoms with Crippen LogP contribution in [0.4, 0.5) is 0 Å². The number of primary amides is 1. The van der Waals surface area contributed by atoms with Crippen molar-refractivity contribution in [3.05, 3.63) is 0 Å². The summed E-state index contributed by atoms with van der Waals surface area (Å²) in [5, 5.41) is 0. The van der Waals surface area contributed by atoms with Gasteiger partial charge in [-0.05, 0) is 50.4 Å². The molecule has 2 N–H and O–H groups in total. The van der Waals surface area contributed by atoms with Crippen LogP contribution in [0.5, 0.6) is 0 Å². The predicted octanol–water partition coefficient (Wildman–Crippen LogP) is 2.21. The minimum Gasteiger partial charge on any atom is -0.369 e. The van der Waals surface area contributed by atoms with E-state index in [1.807, 2.05) is 0 Å². The molecule has 0 heterocycles. The van der Waals surface area contributed by atoms with Crippen molar-refractivity contribution in [2.75, 3.05) is 0 Å². The predicted molar refractivity (Wildman–Crippen MR) is 58.0 cm³/mol. The summed E-state index contributed by atoms with van der Waals surface area (Å²) in [6, 6.07) is 0. The van der Waals surface area contributed by atoms with E-state index in [1.54, 1.807) is 0 Å². The van der Waals surface area contributed by atoms with Crippen molar-refractivity contribution < 1.29 is 4.79 Å². The normalized spacial score (nSPS) is 54.9. The lowest BCUT2D eigenvalue weighted by Crippen LogP contribution is -2.57. The van der Waals surface area contributed by atoms with Gasteiger partial charge in [-0.25, -0.2) is 0 Å². The molecule has 2 atom stereocenters. The number of hydrogen-bond acceptors (Lipinski definition) is 1. The molecule has 14 heavy (non-hydrogen) atoms. The second kappa shape index (κ2) is 2.55. The van der Waals surface area contributed by atoms with Crippen molar-refractivity contribution in [3.8, 4) is 0 Å². The van der Waals surface area contributed by atoms with Crippen molar-refractivity contribution >= 4 is 21.8 Å². The third-order valence-electron chi connectivity index (χ3n) is 4.51. The maximum atomic E-state index is 11.6. The second-order valence-corrected chi connectivity index (χ2v) is 7.44. The van der Waals surface area contributed by atoms with E-state index in [0.29, 0.717) is 0 Å². The fourth-order valence-corrected chi connectivity index (χ4v) is 5.89. The summed E-state index contributed by atoms with van der Waals surface area (Å²) in [5.41, 5.74) is 5.45. The van der Waals surface area contributed by atoms with Crippen LogP contribution in [-0.4, -0.2) is 10.2 Å². The highest BCUT2D eigenvalue weighted by Crippen LogP contribution is 2.64. The highest BCUT2D eigenvalue weighted by molar-refractivity contribution is 9.10. The summed E-state index contributed by atoms with van der Waals surface area (Å²) in [4.78, 5) is 11.6. The fraction of sp³-hybridized carbons (Fsp3) is 0.909. The van der Waals surface area contributed by atoms with Gasteiger partial charge >= 0.3 is 0 Å². The minimum atomic E-state index is -0.145. The first kappa shape index (κ1) is 9.20. The van der Waals surface area contributed by atoms with Crippen LogP contribution in [0.3, 0.4) is 0 Å². The number of carbonyl (C=O) groups excluding carboxylic acids is 1. The van der Waals surface area contributed by atoms with Crippen LogP contribution < -0.4 is 5.73 Å². The van der Waals surface area contributed by atoms with Crippen molar-refractivity contribution in [2.45, 2.75) is 42.8 Å². The van der Waals surface area contributed by atoms with E-state index in [9.17, 15) is 4.79 Å². The van der Waals surface area contributed by atoms with E-state index in [0.717, 1.165) is 31.1 Å². The molecule has 78 valence electrons. The largest absolute Gasteiger partial charge is 0.369 e. The van der Waals surface area contributed by atoms with Crippen LogP contribution in [0.15, 0.2) is 0 Å². The SMILES string of the molecule is NC(=O)C12CC3CC(CC(Br)(C3)C1)C2. The molecular weight excluding hydrogens is 242 g/mol. The van der Waals surface area contributed by atoms with Crippen LogP contribution in [0.25, 0.3) is 0 Å². The molecule has 0 spiro atoms. The lowest BCUT2D eigenvalue weighted by Gasteiger charge is -2.59. The molecule has 0 aromatic carbocycles. The minimum absolute atomic E-state index is 0.0459. The summed E-state index contributed by atoms with van der Waals surface area (Å²) in [7, 11) is 0. The highest BCUT2D eigenvalue weighted by Gasteiger charge is 2.59. The van der Waals surface area contributed by atoms with E-state index < -0.39 is 0 Å². The zero-order chi connectivity index (χ0) is 9.97. The molecule has 0 aromatic heterocycles. The molecule has 2 unspecified atom stereocenters. The first-order valence-electron chi connectivity index (χ1n) is 5.50. The topological polar surface area (TPSA) is 43.1 Å². The van der Waals surface area contributed by atoms with Crippen LogP contribution in [0, 0.1) is 17.3 Å². The third-order valence-corrected chi connectivity index (χ3v) is 5.44. The molecule has 0 aliphatic heterocycles. The molecule has 0 radical (unpaired) electrons. The molecule has 1 amide bonds. The smallest absolute Gasteiger partial charge is 0.223 e. The average molecular weight is 258 g/mol. The zero-order valence-electron chi connectivity index (χ0n) is 8.26. The van der Waals surface area contributed by atoms with E-state index in [4.69, 9.17) is 5.73 Å². The van der Waals surface area contributed by atoms with Gasteiger partial charge in [0.05, 0.1) is 5.41 Å². The Kier molecular flexibility index (Phi) is 1.67. The van der Waals surface area contributed by atoms with E-state index in [1.165, 1.54) is 19.3 Å². The molecule has 4 fully saturated rings. The monoisotopic (exact) mass is 257 g/mol. The Bertz CT molecular complexity index is 288.